The molecule has 0 fully saturated rings. The minimum Gasteiger partial charge on any atom is -0.508 e. The fourth-order valence-corrected chi connectivity index (χ4v) is 1.99. The van der Waals surface area contributed by atoms with E-state index in [0.717, 1.165) is 5.56 Å². The minimum atomic E-state index is -0.735. The summed E-state index contributed by atoms with van der Waals surface area (Å²) in [5.74, 6) is -0.0979. The normalized spacial score (nSPS) is 13.9. The molecule has 0 saturated heterocycles. The highest BCUT2D eigenvalue weighted by Crippen LogP contribution is 2.19. The van der Waals surface area contributed by atoms with E-state index in [2.05, 4.69) is 5.32 Å². The second-order valence-corrected chi connectivity index (χ2v) is 4.79. The van der Waals surface area contributed by atoms with Crippen molar-refractivity contribution in [2.24, 2.45) is 0 Å². The van der Waals surface area contributed by atoms with Crippen LogP contribution >= 0.6 is 0 Å². The summed E-state index contributed by atoms with van der Waals surface area (Å²) in [5, 5.41) is 23.0. The van der Waals surface area contributed by atoms with Crippen LogP contribution < -0.4 is 5.32 Å². The van der Waals surface area contributed by atoms with E-state index in [-0.39, 0.29) is 17.6 Å². The van der Waals surface area contributed by atoms with Gasteiger partial charge in [0, 0.05) is 18.2 Å². The lowest BCUT2D eigenvalue weighted by Gasteiger charge is -2.21. The Morgan fingerprint density at radius 1 is 1.10 bits per heavy atom. The van der Waals surface area contributed by atoms with Crippen LogP contribution in [0.15, 0.2) is 48.5 Å². The van der Waals surface area contributed by atoms with Crippen molar-refractivity contribution in [3.8, 4) is 5.75 Å². The van der Waals surface area contributed by atoms with Crippen molar-refractivity contribution in [3.63, 3.8) is 0 Å². The Morgan fingerprint density at radius 2 is 1.75 bits per heavy atom. The van der Waals surface area contributed by atoms with Crippen LogP contribution in [0.2, 0.25) is 0 Å². The number of aliphatic hydroxyl groups excluding tert-OH is 1. The smallest absolute Gasteiger partial charge is 0.123 e. The molecule has 2 unspecified atom stereocenters. The number of benzene rings is 2. The van der Waals surface area contributed by atoms with Crippen molar-refractivity contribution in [2.75, 3.05) is 0 Å². The maximum atomic E-state index is 12.8. The highest BCUT2D eigenvalue weighted by atomic mass is 19.1. The third-order valence-corrected chi connectivity index (χ3v) is 3.29. The molecule has 0 spiro atoms. The predicted molar refractivity (Wildman–Crippen MR) is 75.8 cm³/mol. The zero-order valence-electron chi connectivity index (χ0n) is 11.3. The molecule has 106 valence electrons. The molecule has 2 aromatic rings. The third-order valence-electron chi connectivity index (χ3n) is 3.29. The molecule has 0 aliphatic heterocycles. The second kappa shape index (κ2) is 6.50. The Hall–Kier alpha value is -1.91. The summed E-state index contributed by atoms with van der Waals surface area (Å²) in [4.78, 5) is 0. The molecule has 3 nitrogen and oxygen atoms in total. The van der Waals surface area contributed by atoms with E-state index in [9.17, 15) is 14.6 Å². The molecule has 0 aliphatic rings. The lowest BCUT2D eigenvalue weighted by molar-refractivity contribution is 0.135. The van der Waals surface area contributed by atoms with Gasteiger partial charge in [-0.05, 0) is 30.7 Å². The van der Waals surface area contributed by atoms with Gasteiger partial charge in [0.25, 0.3) is 0 Å². The molecule has 3 N–H and O–H groups in total. The van der Waals surface area contributed by atoms with E-state index >= 15 is 0 Å². The number of phenols is 1. The number of nitrogens with one attached hydrogen (secondary N) is 1. The monoisotopic (exact) mass is 275 g/mol. The summed E-state index contributed by atoms with van der Waals surface area (Å²) >= 11 is 0. The van der Waals surface area contributed by atoms with E-state index in [1.165, 1.54) is 12.1 Å². The van der Waals surface area contributed by atoms with Gasteiger partial charge in [0.05, 0.1) is 6.10 Å². The predicted octanol–water partition coefficient (Wildman–Crippen LogP) is 2.74. The van der Waals surface area contributed by atoms with Gasteiger partial charge in [-0.2, -0.15) is 0 Å². The Morgan fingerprint density at radius 3 is 2.40 bits per heavy atom. The van der Waals surface area contributed by atoms with Gasteiger partial charge < -0.3 is 15.5 Å². The van der Waals surface area contributed by atoms with Gasteiger partial charge in [-0.25, -0.2) is 4.39 Å². The molecule has 0 heterocycles. The molecular formula is C16H18FNO2. The second-order valence-electron chi connectivity index (χ2n) is 4.79. The average Bonchev–Trinajstić information content (AvgIpc) is 2.46. The number of halogens is 1. The van der Waals surface area contributed by atoms with Crippen molar-refractivity contribution in [3.05, 3.63) is 65.5 Å². The van der Waals surface area contributed by atoms with Crippen LogP contribution in [0, 0.1) is 5.82 Å². The molecule has 2 aromatic carbocycles. The molecule has 0 saturated carbocycles. The Bertz CT molecular complexity index is 557. The van der Waals surface area contributed by atoms with Crippen LogP contribution in [0.1, 0.15) is 24.2 Å². The summed E-state index contributed by atoms with van der Waals surface area (Å²) < 4.78 is 12.8. The standard InChI is InChI=1S/C16H18FNO2/c1-11(16(20)12-6-8-14(17)9-7-12)18-10-13-4-2-3-5-15(13)19/h2-9,11,16,18-20H,10H2,1H3. The Kier molecular flexibility index (Phi) is 4.71. The van der Waals surface area contributed by atoms with Crippen molar-refractivity contribution >= 4 is 0 Å². The van der Waals surface area contributed by atoms with Gasteiger partial charge in [-0.1, -0.05) is 30.3 Å². The van der Waals surface area contributed by atoms with Crippen LogP contribution in [0.25, 0.3) is 0 Å². The molecule has 2 rings (SSSR count). The summed E-state index contributed by atoms with van der Waals surface area (Å²) in [5.41, 5.74) is 1.43. The molecule has 0 aromatic heterocycles. The SMILES string of the molecule is CC(NCc1ccccc1O)C(O)c1ccc(F)cc1. The highest BCUT2D eigenvalue weighted by molar-refractivity contribution is 5.31. The number of para-hydroxylation sites is 1. The first-order chi connectivity index (χ1) is 9.58. The number of hydrogen-bond donors (Lipinski definition) is 3. The first-order valence-electron chi connectivity index (χ1n) is 6.51. The average molecular weight is 275 g/mol. The van der Waals surface area contributed by atoms with Crippen molar-refractivity contribution in [1.82, 2.24) is 5.32 Å². The first-order valence-corrected chi connectivity index (χ1v) is 6.51. The van der Waals surface area contributed by atoms with Gasteiger partial charge >= 0.3 is 0 Å². The van der Waals surface area contributed by atoms with Crippen LogP contribution in [-0.2, 0) is 6.54 Å². The van der Waals surface area contributed by atoms with Crippen LogP contribution in [0.5, 0.6) is 5.75 Å². The largest absolute Gasteiger partial charge is 0.508 e. The fourth-order valence-electron chi connectivity index (χ4n) is 1.99. The topological polar surface area (TPSA) is 52.5 Å². The van der Waals surface area contributed by atoms with E-state index in [0.29, 0.717) is 12.1 Å². The number of rotatable bonds is 5. The molecule has 20 heavy (non-hydrogen) atoms. The van der Waals surface area contributed by atoms with Crippen LogP contribution in [-0.4, -0.2) is 16.3 Å². The zero-order valence-corrected chi connectivity index (χ0v) is 11.3. The van der Waals surface area contributed by atoms with Gasteiger partial charge in [-0.15, -0.1) is 0 Å². The number of phenolic OH excluding ortho intramolecular Hbond substituents is 1. The number of aliphatic hydroxyl groups is 1. The minimum absolute atomic E-state index is 0.222. The number of aromatic hydroxyl groups is 1. The summed E-state index contributed by atoms with van der Waals surface area (Å²) in [7, 11) is 0. The lowest BCUT2D eigenvalue weighted by atomic mass is 10.0. The molecule has 4 heteroatoms. The molecule has 0 radical (unpaired) electrons. The Labute approximate surface area is 117 Å². The summed E-state index contributed by atoms with van der Waals surface area (Å²) in [6.45, 7) is 2.29. The first kappa shape index (κ1) is 14.5. The quantitative estimate of drug-likeness (QED) is 0.786. The molecular weight excluding hydrogens is 257 g/mol. The maximum Gasteiger partial charge on any atom is 0.123 e. The molecule has 0 bridgehead atoms. The van der Waals surface area contributed by atoms with Gasteiger partial charge in [0.15, 0.2) is 0 Å². The Balaban J connectivity index is 1.96. The van der Waals surface area contributed by atoms with E-state index < -0.39 is 6.10 Å². The summed E-state index contributed by atoms with van der Waals surface area (Å²) in [6, 6.07) is 12.6. The number of hydrogen-bond acceptors (Lipinski definition) is 3. The van der Waals surface area contributed by atoms with Crippen molar-refractivity contribution < 1.29 is 14.6 Å². The van der Waals surface area contributed by atoms with Crippen LogP contribution in [0.4, 0.5) is 4.39 Å². The zero-order chi connectivity index (χ0) is 14.5. The van der Waals surface area contributed by atoms with Crippen molar-refractivity contribution in [1.29, 1.82) is 0 Å². The van der Waals surface area contributed by atoms with Gasteiger partial charge in [-0.3, -0.25) is 0 Å². The van der Waals surface area contributed by atoms with E-state index in [4.69, 9.17) is 0 Å². The molecule has 0 aliphatic carbocycles. The fraction of sp³-hybridized carbons (Fsp3) is 0.250. The van der Waals surface area contributed by atoms with Crippen molar-refractivity contribution in [2.45, 2.75) is 25.6 Å². The highest BCUT2D eigenvalue weighted by Gasteiger charge is 2.16. The van der Waals surface area contributed by atoms with Crippen LogP contribution in [0.3, 0.4) is 0 Å². The lowest BCUT2D eigenvalue weighted by Crippen LogP contribution is -2.31. The van der Waals surface area contributed by atoms with E-state index in [1.54, 1.807) is 24.3 Å². The van der Waals surface area contributed by atoms with E-state index in [1.807, 2.05) is 19.1 Å². The van der Waals surface area contributed by atoms with Gasteiger partial charge in [0.2, 0.25) is 0 Å². The third kappa shape index (κ3) is 3.56. The van der Waals surface area contributed by atoms with Gasteiger partial charge in [0.1, 0.15) is 11.6 Å². The molecule has 2 atom stereocenters. The molecule has 0 amide bonds. The maximum absolute atomic E-state index is 12.8. The summed E-state index contributed by atoms with van der Waals surface area (Å²) in [6.07, 6.45) is -0.735.